The number of anilines is 1. The second-order valence-corrected chi connectivity index (χ2v) is 6.72. The fraction of sp³-hybridized carbons (Fsp3) is 0.211. The van der Waals surface area contributed by atoms with Gasteiger partial charge in [0, 0.05) is 11.1 Å². The third kappa shape index (κ3) is 2.62. The highest BCUT2D eigenvalue weighted by Crippen LogP contribution is 2.49. The molecule has 0 spiro atoms. The number of carbonyl (C=O) groups excluding carboxylic acids is 1. The van der Waals surface area contributed by atoms with Crippen LogP contribution >= 0.6 is 11.8 Å². The van der Waals surface area contributed by atoms with Crippen molar-refractivity contribution in [3.63, 3.8) is 0 Å². The van der Waals surface area contributed by atoms with Crippen molar-refractivity contribution in [1.29, 1.82) is 0 Å². The zero-order valence-corrected chi connectivity index (χ0v) is 14.8. The maximum absolute atomic E-state index is 12.7. The molecule has 126 valence electrons. The number of aromatic nitrogens is 1. The molecule has 0 radical (unpaired) electrons. The highest BCUT2D eigenvalue weighted by atomic mass is 32.2. The Morgan fingerprint density at radius 2 is 2.04 bits per heavy atom. The number of amidine groups is 1. The molecule has 3 heterocycles. The van der Waals surface area contributed by atoms with Crippen LogP contribution in [-0.2, 0) is 9.53 Å². The van der Waals surface area contributed by atoms with Crippen LogP contribution in [0.15, 0.2) is 69.8 Å². The van der Waals surface area contributed by atoms with E-state index in [-0.39, 0.29) is 12.0 Å². The van der Waals surface area contributed by atoms with Gasteiger partial charge in [-0.25, -0.2) is 9.79 Å². The molecule has 0 saturated carbocycles. The fourth-order valence-corrected chi connectivity index (χ4v) is 4.23. The largest absolute Gasteiger partial charge is 0.463 e. The lowest BCUT2D eigenvalue weighted by atomic mass is 9.97. The second-order valence-electron chi connectivity index (χ2n) is 5.71. The van der Waals surface area contributed by atoms with E-state index >= 15 is 0 Å². The number of nitrogens with zero attached hydrogens (tertiary/aromatic N) is 3. The highest BCUT2D eigenvalue weighted by Gasteiger charge is 2.42. The summed E-state index contributed by atoms with van der Waals surface area (Å²) in [6.07, 6.45) is 1.74. The van der Waals surface area contributed by atoms with Crippen molar-refractivity contribution in [2.45, 2.75) is 24.8 Å². The number of pyridine rings is 1. The van der Waals surface area contributed by atoms with Crippen LogP contribution in [0.2, 0.25) is 0 Å². The SMILES string of the molecule is CCOC(=O)C1=C(C)N=C2Sc3ccccc3N2C1c1ccccn1. The van der Waals surface area contributed by atoms with Crippen LogP contribution in [0.25, 0.3) is 0 Å². The molecule has 1 aromatic heterocycles. The van der Waals surface area contributed by atoms with Gasteiger partial charge in [-0.05, 0) is 49.9 Å². The van der Waals surface area contributed by atoms with E-state index in [2.05, 4.69) is 20.9 Å². The lowest BCUT2D eigenvalue weighted by Crippen LogP contribution is -2.37. The van der Waals surface area contributed by atoms with Gasteiger partial charge in [0.15, 0.2) is 5.17 Å². The van der Waals surface area contributed by atoms with Crippen LogP contribution in [0, 0.1) is 0 Å². The van der Waals surface area contributed by atoms with E-state index in [4.69, 9.17) is 4.74 Å². The predicted octanol–water partition coefficient (Wildman–Crippen LogP) is 3.94. The van der Waals surface area contributed by atoms with Crippen molar-refractivity contribution in [2.24, 2.45) is 4.99 Å². The maximum Gasteiger partial charge on any atom is 0.338 e. The van der Waals surface area contributed by atoms with E-state index in [0.29, 0.717) is 17.9 Å². The average Bonchev–Trinajstić information content (AvgIpc) is 2.99. The van der Waals surface area contributed by atoms with Crippen molar-refractivity contribution >= 4 is 28.6 Å². The number of ether oxygens (including phenoxy) is 1. The molecule has 0 fully saturated rings. The summed E-state index contributed by atoms with van der Waals surface area (Å²) in [7, 11) is 0. The average molecular weight is 351 g/mol. The second kappa shape index (κ2) is 6.37. The lowest BCUT2D eigenvalue weighted by molar-refractivity contribution is -0.138. The molecule has 1 atom stereocenters. The van der Waals surface area contributed by atoms with Crippen molar-refractivity contribution in [1.82, 2.24) is 4.98 Å². The number of thioether (sulfide) groups is 1. The van der Waals surface area contributed by atoms with Crippen molar-refractivity contribution in [3.05, 3.63) is 65.6 Å². The Morgan fingerprint density at radius 1 is 1.24 bits per heavy atom. The van der Waals surface area contributed by atoms with Crippen LogP contribution in [0.1, 0.15) is 25.6 Å². The van der Waals surface area contributed by atoms with Gasteiger partial charge < -0.3 is 9.64 Å². The van der Waals surface area contributed by atoms with Gasteiger partial charge in [0.2, 0.25) is 0 Å². The smallest absolute Gasteiger partial charge is 0.338 e. The molecule has 6 heteroatoms. The van der Waals surface area contributed by atoms with Gasteiger partial charge in [0.1, 0.15) is 6.04 Å². The zero-order chi connectivity index (χ0) is 17.4. The van der Waals surface area contributed by atoms with Crippen molar-refractivity contribution in [2.75, 3.05) is 11.5 Å². The monoisotopic (exact) mass is 351 g/mol. The number of fused-ring (bicyclic) bond motifs is 3. The summed E-state index contributed by atoms with van der Waals surface area (Å²) in [5.41, 5.74) is 3.06. The summed E-state index contributed by atoms with van der Waals surface area (Å²) in [4.78, 5) is 25.1. The molecule has 0 amide bonds. The Bertz CT molecular complexity index is 893. The molecule has 25 heavy (non-hydrogen) atoms. The number of benzene rings is 1. The normalized spacial score (nSPS) is 18.6. The Labute approximate surface area is 150 Å². The van der Waals surface area contributed by atoms with Gasteiger partial charge in [-0.1, -0.05) is 18.2 Å². The molecule has 1 unspecified atom stereocenters. The third-order valence-electron chi connectivity index (χ3n) is 4.18. The predicted molar refractivity (Wildman–Crippen MR) is 98.5 cm³/mol. The molecule has 0 aliphatic carbocycles. The Kier molecular flexibility index (Phi) is 4.05. The van der Waals surface area contributed by atoms with Crippen LogP contribution in [-0.4, -0.2) is 22.7 Å². The Balaban J connectivity index is 1.90. The topological polar surface area (TPSA) is 54.8 Å². The van der Waals surface area contributed by atoms with Gasteiger partial charge >= 0.3 is 5.97 Å². The molecule has 4 rings (SSSR count). The zero-order valence-electron chi connectivity index (χ0n) is 14.0. The summed E-state index contributed by atoms with van der Waals surface area (Å²) in [6, 6.07) is 13.5. The van der Waals surface area contributed by atoms with Crippen LogP contribution < -0.4 is 4.90 Å². The summed E-state index contributed by atoms with van der Waals surface area (Å²) in [6.45, 7) is 3.99. The molecule has 2 aliphatic rings. The highest BCUT2D eigenvalue weighted by molar-refractivity contribution is 8.14. The minimum absolute atomic E-state index is 0.326. The van der Waals surface area contributed by atoms with Crippen LogP contribution in [0.3, 0.4) is 0 Å². The number of aliphatic imine (C=N–C) groups is 1. The molecule has 0 N–H and O–H groups in total. The summed E-state index contributed by atoms with van der Waals surface area (Å²) in [5, 5.41) is 0.863. The molecule has 5 nitrogen and oxygen atoms in total. The van der Waals surface area contributed by atoms with E-state index in [1.54, 1.807) is 18.0 Å². The van der Waals surface area contributed by atoms with Crippen LogP contribution in [0.5, 0.6) is 0 Å². The van der Waals surface area contributed by atoms with E-state index < -0.39 is 0 Å². The molecule has 0 saturated heterocycles. The Hall–Kier alpha value is -2.60. The van der Waals surface area contributed by atoms with Crippen molar-refractivity contribution < 1.29 is 9.53 Å². The molecule has 2 aliphatic heterocycles. The van der Waals surface area contributed by atoms with Gasteiger partial charge in [-0.3, -0.25) is 4.98 Å². The van der Waals surface area contributed by atoms with E-state index in [9.17, 15) is 4.79 Å². The van der Waals surface area contributed by atoms with Crippen LogP contribution in [0.4, 0.5) is 5.69 Å². The first kappa shape index (κ1) is 15.9. The number of rotatable bonds is 3. The Morgan fingerprint density at radius 3 is 2.80 bits per heavy atom. The lowest BCUT2D eigenvalue weighted by Gasteiger charge is -2.34. The standard InChI is InChI=1S/C19H17N3O2S/c1-3-24-18(23)16-12(2)21-19-22(14-9-4-5-10-15(14)25-19)17(16)13-8-6-7-11-20-13/h4-11,17H,3H2,1-2H3. The fourth-order valence-electron chi connectivity index (χ4n) is 3.14. The minimum Gasteiger partial charge on any atom is -0.463 e. The van der Waals surface area contributed by atoms with E-state index in [1.807, 2.05) is 50.2 Å². The van der Waals surface area contributed by atoms with Crippen molar-refractivity contribution in [3.8, 4) is 0 Å². The van der Waals surface area contributed by atoms with Gasteiger partial charge in [0.25, 0.3) is 0 Å². The quantitative estimate of drug-likeness (QED) is 0.784. The third-order valence-corrected chi connectivity index (χ3v) is 5.22. The maximum atomic E-state index is 12.7. The summed E-state index contributed by atoms with van der Waals surface area (Å²) >= 11 is 1.61. The first-order chi connectivity index (χ1) is 12.2. The number of esters is 1. The first-order valence-electron chi connectivity index (χ1n) is 8.14. The van der Waals surface area contributed by atoms with Gasteiger partial charge in [-0.2, -0.15) is 0 Å². The van der Waals surface area contributed by atoms with E-state index in [0.717, 1.165) is 21.4 Å². The number of allylic oxidation sites excluding steroid dienone is 1. The summed E-state index contributed by atoms with van der Waals surface area (Å²) in [5.74, 6) is -0.340. The van der Waals surface area contributed by atoms with Gasteiger partial charge in [0.05, 0.1) is 29.3 Å². The first-order valence-corrected chi connectivity index (χ1v) is 8.96. The molecule has 0 bridgehead atoms. The molecular weight excluding hydrogens is 334 g/mol. The van der Waals surface area contributed by atoms with E-state index in [1.165, 1.54) is 0 Å². The minimum atomic E-state index is -0.344. The number of para-hydroxylation sites is 1. The number of hydrogen-bond donors (Lipinski definition) is 0. The number of carbonyl (C=O) groups is 1. The van der Waals surface area contributed by atoms with Gasteiger partial charge in [-0.15, -0.1) is 0 Å². The molecule has 2 aromatic rings. The molecule has 1 aromatic carbocycles. The number of hydrogen-bond acceptors (Lipinski definition) is 6. The molecular formula is C19H17N3O2S. The summed E-state index contributed by atoms with van der Waals surface area (Å²) < 4.78 is 5.31.